The zero-order chi connectivity index (χ0) is 24.6. The quantitative estimate of drug-likeness (QED) is 0.721. The maximum atomic E-state index is 12.8. The van der Waals surface area contributed by atoms with E-state index in [0.29, 0.717) is 38.3 Å². The third kappa shape index (κ3) is 4.72. The van der Waals surface area contributed by atoms with E-state index in [-0.39, 0.29) is 24.3 Å². The summed E-state index contributed by atoms with van der Waals surface area (Å²) in [5.74, 6) is 0. The van der Waals surface area contributed by atoms with Crippen LogP contribution in [0, 0.1) is 11.3 Å². The monoisotopic (exact) mass is 470 g/mol. The Balaban J connectivity index is 1.74. The van der Waals surface area contributed by atoms with Gasteiger partial charge in [-0.25, -0.2) is 4.79 Å². The summed E-state index contributed by atoms with van der Waals surface area (Å²) in [6.07, 6.45) is 1.64. The zero-order valence-corrected chi connectivity index (χ0v) is 21.3. The Kier molecular flexibility index (Phi) is 7.04. The topological polar surface area (TPSA) is 94.0 Å². The first-order valence-electron chi connectivity index (χ1n) is 12.3. The van der Waals surface area contributed by atoms with E-state index >= 15 is 0 Å². The van der Waals surface area contributed by atoms with E-state index in [1.807, 2.05) is 27.7 Å². The number of hydrogen-bond acceptors (Lipinski definition) is 8. The molecular formula is C25H38N6O3. The average Bonchev–Trinajstić information content (AvgIpc) is 3.21. The fraction of sp³-hybridized carbons (Fsp3) is 0.720. The molecule has 2 saturated heterocycles. The molecule has 0 aromatic carbocycles. The summed E-state index contributed by atoms with van der Waals surface area (Å²) in [5, 5.41) is 13.8. The fourth-order valence-electron chi connectivity index (χ4n) is 5.44. The molecule has 4 heterocycles. The minimum Gasteiger partial charge on any atom is -0.444 e. The van der Waals surface area contributed by atoms with Crippen molar-refractivity contribution in [2.24, 2.45) is 0 Å². The standard InChI is InChI=1S/C25H38N6O3/c1-16-15-30(10-11-31(16)24(32)34-25(2,3)4)23-17(12-26)22(19-8-7-9-29(19)5)28-18-13-27-14-20(33-6)21(18)23/h16,19-20,27H,7-11,13-15H2,1-6H3. The van der Waals surface area contributed by atoms with Crippen LogP contribution in [-0.4, -0.2) is 79.4 Å². The van der Waals surface area contributed by atoms with Gasteiger partial charge in [-0.1, -0.05) is 0 Å². The van der Waals surface area contributed by atoms with Gasteiger partial charge in [0.25, 0.3) is 0 Å². The van der Waals surface area contributed by atoms with Crippen LogP contribution in [0.4, 0.5) is 10.5 Å². The molecule has 0 aliphatic carbocycles. The van der Waals surface area contributed by atoms with Gasteiger partial charge in [-0.3, -0.25) is 9.88 Å². The van der Waals surface area contributed by atoms with Gasteiger partial charge in [-0.05, 0) is 54.1 Å². The lowest BCUT2D eigenvalue weighted by Crippen LogP contribution is -2.55. The molecule has 2 fully saturated rings. The van der Waals surface area contributed by atoms with Crippen molar-refractivity contribution in [3.05, 3.63) is 22.5 Å². The Morgan fingerprint density at radius 3 is 2.62 bits per heavy atom. The van der Waals surface area contributed by atoms with Gasteiger partial charge in [0.15, 0.2) is 0 Å². The summed E-state index contributed by atoms with van der Waals surface area (Å²) >= 11 is 0. The number of nitrogens with one attached hydrogen (secondary N) is 1. The highest BCUT2D eigenvalue weighted by atomic mass is 16.6. The fourth-order valence-corrected chi connectivity index (χ4v) is 5.44. The highest BCUT2D eigenvalue weighted by molar-refractivity contribution is 5.72. The average molecular weight is 471 g/mol. The van der Waals surface area contributed by atoms with Crippen LogP contribution in [0.15, 0.2) is 0 Å². The molecule has 9 heteroatoms. The second kappa shape index (κ2) is 9.68. The minimum atomic E-state index is -0.535. The molecule has 34 heavy (non-hydrogen) atoms. The van der Waals surface area contributed by atoms with Crippen LogP contribution in [0.25, 0.3) is 0 Å². The van der Waals surface area contributed by atoms with Gasteiger partial charge in [0.1, 0.15) is 11.7 Å². The lowest BCUT2D eigenvalue weighted by molar-refractivity contribution is 0.0158. The maximum absolute atomic E-state index is 12.8. The van der Waals surface area contributed by atoms with E-state index in [4.69, 9.17) is 14.5 Å². The number of carbonyl (C=O) groups is 1. The van der Waals surface area contributed by atoms with Crippen LogP contribution in [0.3, 0.4) is 0 Å². The molecule has 0 radical (unpaired) electrons. The number of ether oxygens (including phenoxy) is 2. The van der Waals surface area contributed by atoms with Gasteiger partial charge in [0, 0.05) is 51.4 Å². The Morgan fingerprint density at radius 2 is 2.03 bits per heavy atom. The van der Waals surface area contributed by atoms with Gasteiger partial charge in [-0.2, -0.15) is 5.26 Å². The number of amides is 1. The molecule has 0 bridgehead atoms. The summed E-state index contributed by atoms with van der Waals surface area (Å²) in [7, 11) is 3.82. The number of likely N-dealkylation sites (tertiary alicyclic amines) is 1. The minimum absolute atomic E-state index is 0.0562. The van der Waals surface area contributed by atoms with Crippen LogP contribution < -0.4 is 10.2 Å². The lowest BCUT2D eigenvalue weighted by Gasteiger charge is -2.43. The van der Waals surface area contributed by atoms with E-state index in [2.05, 4.69) is 28.2 Å². The summed E-state index contributed by atoms with van der Waals surface area (Å²) in [6.45, 7) is 11.8. The summed E-state index contributed by atoms with van der Waals surface area (Å²) < 4.78 is 11.5. The van der Waals surface area contributed by atoms with Crippen LogP contribution >= 0.6 is 0 Å². The number of carbonyl (C=O) groups excluding carboxylic acids is 1. The predicted octanol–water partition coefficient (Wildman–Crippen LogP) is 2.96. The van der Waals surface area contributed by atoms with Gasteiger partial charge in [0.2, 0.25) is 0 Å². The molecule has 3 aliphatic rings. The number of anilines is 1. The number of pyridine rings is 1. The SMILES string of the molecule is COC1CNCc2nc(C3CCCN3C)c(C#N)c(N3CCN(C(=O)OC(C)(C)C)C(C)C3)c21. The van der Waals surface area contributed by atoms with Gasteiger partial charge in [-0.15, -0.1) is 0 Å². The van der Waals surface area contributed by atoms with Crippen LogP contribution in [0.1, 0.15) is 75.2 Å². The predicted molar refractivity (Wildman–Crippen MR) is 130 cm³/mol. The molecule has 4 rings (SSSR count). The van der Waals surface area contributed by atoms with Crippen molar-refractivity contribution in [3.8, 4) is 6.07 Å². The third-order valence-electron chi connectivity index (χ3n) is 7.06. The Hall–Kier alpha value is -2.41. The number of methoxy groups -OCH3 is 1. The molecule has 0 spiro atoms. The number of fused-ring (bicyclic) bond motifs is 1. The molecule has 0 saturated carbocycles. The van der Waals surface area contributed by atoms with Crippen molar-refractivity contribution < 1.29 is 14.3 Å². The second-order valence-electron chi connectivity index (χ2n) is 10.7. The number of nitriles is 1. The molecule has 1 aromatic heterocycles. The highest BCUT2D eigenvalue weighted by Gasteiger charge is 2.38. The molecular weight excluding hydrogens is 432 g/mol. The van der Waals surface area contributed by atoms with Gasteiger partial charge in [0.05, 0.1) is 34.8 Å². The zero-order valence-electron chi connectivity index (χ0n) is 21.3. The lowest BCUT2D eigenvalue weighted by atomic mass is 9.92. The van der Waals surface area contributed by atoms with Crippen molar-refractivity contribution >= 4 is 11.8 Å². The van der Waals surface area contributed by atoms with E-state index in [1.165, 1.54) is 0 Å². The van der Waals surface area contributed by atoms with E-state index in [1.54, 1.807) is 12.0 Å². The van der Waals surface area contributed by atoms with Crippen molar-refractivity contribution in [1.29, 1.82) is 5.26 Å². The first-order valence-corrected chi connectivity index (χ1v) is 12.3. The van der Waals surface area contributed by atoms with Gasteiger partial charge < -0.3 is 24.6 Å². The molecule has 9 nitrogen and oxygen atoms in total. The largest absolute Gasteiger partial charge is 0.444 e. The molecule has 1 aromatic rings. The van der Waals surface area contributed by atoms with E-state index in [0.717, 1.165) is 42.0 Å². The van der Waals surface area contributed by atoms with Crippen LogP contribution in [0.5, 0.6) is 0 Å². The number of aromatic nitrogens is 1. The van der Waals surface area contributed by atoms with Crippen LogP contribution in [0.2, 0.25) is 0 Å². The maximum Gasteiger partial charge on any atom is 0.410 e. The summed E-state index contributed by atoms with van der Waals surface area (Å²) in [5.41, 5.74) is 3.90. The Morgan fingerprint density at radius 1 is 1.26 bits per heavy atom. The molecule has 186 valence electrons. The number of nitrogens with zero attached hydrogens (tertiary/aromatic N) is 5. The van der Waals surface area contributed by atoms with Crippen molar-refractivity contribution in [2.75, 3.05) is 51.8 Å². The number of hydrogen-bond donors (Lipinski definition) is 1. The third-order valence-corrected chi connectivity index (χ3v) is 7.06. The van der Waals surface area contributed by atoms with Crippen molar-refractivity contribution in [1.82, 2.24) is 20.1 Å². The smallest absolute Gasteiger partial charge is 0.410 e. The number of piperazine rings is 1. The summed E-state index contributed by atoms with van der Waals surface area (Å²) in [4.78, 5) is 24.2. The first kappa shape index (κ1) is 24.7. The van der Waals surface area contributed by atoms with Crippen LogP contribution in [-0.2, 0) is 16.0 Å². The molecule has 3 unspecified atom stereocenters. The number of rotatable bonds is 3. The van der Waals surface area contributed by atoms with E-state index < -0.39 is 5.60 Å². The Labute approximate surface area is 203 Å². The van der Waals surface area contributed by atoms with Gasteiger partial charge >= 0.3 is 6.09 Å². The first-order chi connectivity index (χ1) is 16.1. The molecule has 1 N–H and O–H groups in total. The van der Waals surface area contributed by atoms with Crippen molar-refractivity contribution in [2.45, 2.75) is 70.9 Å². The van der Waals surface area contributed by atoms with Crippen molar-refractivity contribution in [3.63, 3.8) is 0 Å². The molecule has 3 atom stereocenters. The van der Waals surface area contributed by atoms with E-state index in [9.17, 15) is 10.1 Å². The second-order valence-corrected chi connectivity index (χ2v) is 10.7. The molecule has 1 amide bonds. The molecule has 3 aliphatic heterocycles. The summed E-state index contributed by atoms with van der Waals surface area (Å²) in [6, 6.07) is 2.61. The highest BCUT2D eigenvalue weighted by Crippen LogP contribution is 2.42. The normalized spacial score (nSPS) is 25.7. The Bertz CT molecular complexity index is 969.